The Kier molecular flexibility index (Phi) is 4.33. The molecule has 18 heavy (non-hydrogen) atoms. The van der Waals surface area contributed by atoms with Crippen LogP contribution in [-0.2, 0) is 13.2 Å². The number of hydrogen-bond donors (Lipinski definition) is 1. The first-order valence-electron chi connectivity index (χ1n) is 6.07. The Morgan fingerprint density at radius 3 is 2.56 bits per heavy atom. The first-order chi connectivity index (χ1) is 8.70. The number of aromatic nitrogens is 1. The van der Waals surface area contributed by atoms with Crippen molar-refractivity contribution >= 4 is 11.3 Å². The third-order valence-electron chi connectivity index (χ3n) is 2.61. The van der Waals surface area contributed by atoms with Gasteiger partial charge in [0.05, 0.1) is 5.69 Å². The number of ether oxygens (including phenoxy) is 1. The summed E-state index contributed by atoms with van der Waals surface area (Å²) in [5.74, 6) is 1.28. The highest BCUT2D eigenvalue weighted by Crippen LogP contribution is 2.25. The lowest BCUT2D eigenvalue weighted by Crippen LogP contribution is -2.00. The molecule has 0 saturated carbocycles. The zero-order chi connectivity index (χ0) is 13.0. The molecule has 0 aliphatic heterocycles. The van der Waals surface area contributed by atoms with E-state index in [1.54, 1.807) is 11.3 Å². The minimum Gasteiger partial charge on any atom is -0.486 e. The van der Waals surface area contributed by atoms with Gasteiger partial charge < -0.3 is 10.5 Å². The van der Waals surface area contributed by atoms with Gasteiger partial charge in [0, 0.05) is 11.4 Å². The van der Waals surface area contributed by atoms with Crippen molar-refractivity contribution in [1.29, 1.82) is 0 Å². The van der Waals surface area contributed by atoms with Crippen molar-refractivity contribution in [2.45, 2.75) is 32.9 Å². The minimum atomic E-state index is 0.408. The fraction of sp³-hybridized carbons (Fsp3) is 0.357. The molecule has 0 aliphatic rings. The van der Waals surface area contributed by atoms with E-state index in [0.29, 0.717) is 19.1 Å². The van der Waals surface area contributed by atoms with E-state index >= 15 is 0 Å². The standard InChI is InChI=1S/C14H18N2OS/c1-10(2)14-12(8-15)18-13(16-14)9-17-11-6-4-3-5-7-11/h3-7,10H,8-9,15H2,1-2H3. The van der Waals surface area contributed by atoms with E-state index < -0.39 is 0 Å². The number of thiazole rings is 1. The first-order valence-corrected chi connectivity index (χ1v) is 6.88. The summed E-state index contributed by atoms with van der Waals surface area (Å²) >= 11 is 1.65. The summed E-state index contributed by atoms with van der Waals surface area (Å²) in [5.41, 5.74) is 6.84. The molecule has 1 aromatic heterocycles. The molecule has 1 aromatic carbocycles. The van der Waals surface area contributed by atoms with Crippen LogP contribution in [0.25, 0.3) is 0 Å². The van der Waals surface area contributed by atoms with E-state index in [-0.39, 0.29) is 0 Å². The molecule has 0 saturated heterocycles. The molecule has 0 atom stereocenters. The largest absolute Gasteiger partial charge is 0.486 e. The molecule has 96 valence electrons. The number of nitrogens with zero attached hydrogens (tertiary/aromatic N) is 1. The highest BCUT2D eigenvalue weighted by atomic mass is 32.1. The van der Waals surface area contributed by atoms with Gasteiger partial charge in [0.15, 0.2) is 0 Å². The van der Waals surface area contributed by atoms with Gasteiger partial charge in [0.25, 0.3) is 0 Å². The van der Waals surface area contributed by atoms with Crippen molar-refractivity contribution in [3.63, 3.8) is 0 Å². The Morgan fingerprint density at radius 1 is 1.28 bits per heavy atom. The number of benzene rings is 1. The summed E-state index contributed by atoms with van der Waals surface area (Å²) in [6, 6.07) is 9.78. The molecule has 0 spiro atoms. The normalized spacial score (nSPS) is 10.9. The average molecular weight is 262 g/mol. The van der Waals surface area contributed by atoms with Crippen LogP contribution in [0.5, 0.6) is 5.75 Å². The monoisotopic (exact) mass is 262 g/mol. The zero-order valence-electron chi connectivity index (χ0n) is 10.7. The molecule has 2 aromatic rings. The fourth-order valence-corrected chi connectivity index (χ4v) is 2.75. The molecule has 2 rings (SSSR count). The van der Waals surface area contributed by atoms with Crippen molar-refractivity contribution in [2.24, 2.45) is 5.73 Å². The molecule has 0 amide bonds. The molecule has 0 bridgehead atoms. The average Bonchev–Trinajstić information content (AvgIpc) is 2.81. The molecule has 1 heterocycles. The van der Waals surface area contributed by atoms with Crippen molar-refractivity contribution < 1.29 is 4.74 Å². The van der Waals surface area contributed by atoms with Crippen molar-refractivity contribution in [1.82, 2.24) is 4.98 Å². The van der Waals surface area contributed by atoms with E-state index in [4.69, 9.17) is 10.5 Å². The third-order valence-corrected chi connectivity index (χ3v) is 3.68. The molecular formula is C14H18N2OS. The molecule has 2 N–H and O–H groups in total. The Hall–Kier alpha value is -1.39. The maximum atomic E-state index is 5.74. The van der Waals surface area contributed by atoms with Crippen LogP contribution >= 0.6 is 11.3 Å². The van der Waals surface area contributed by atoms with Crippen LogP contribution in [0.15, 0.2) is 30.3 Å². The second-order valence-electron chi connectivity index (χ2n) is 4.38. The Bertz CT molecular complexity index is 494. The Labute approximate surface area is 112 Å². The summed E-state index contributed by atoms with van der Waals surface area (Å²) in [7, 11) is 0. The third kappa shape index (κ3) is 3.09. The van der Waals surface area contributed by atoms with E-state index in [1.807, 2.05) is 30.3 Å². The SMILES string of the molecule is CC(C)c1nc(COc2ccccc2)sc1CN. The van der Waals surface area contributed by atoms with Gasteiger partial charge in [-0.1, -0.05) is 32.0 Å². The van der Waals surface area contributed by atoms with Gasteiger partial charge in [-0.15, -0.1) is 11.3 Å². The highest BCUT2D eigenvalue weighted by molar-refractivity contribution is 7.11. The molecule has 3 nitrogen and oxygen atoms in total. The predicted octanol–water partition coefficient (Wildman–Crippen LogP) is 3.30. The van der Waals surface area contributed by atoms with Crippen molar-refractivity contribution in [3.8, 4) is 5.75 Å². The lowest BCUT2D eigenvalue weighted by Gasteiger charge is -2.03. The van der Waals surface area contributed by atoms with Crippen LogP contribution < -0.4 is 10.5 Å². The zero-order valence-corrected chi connectivity index (χ0v) is 11.5. The number of rotatable bonds is 5. The summed E-state index contributed by atoms with van der Waals surface area (Å²) < 4.78 is 5.69. The number of nitrogens with two attached hydrogens (primary N) is 1. The van der Waals surface area contributed by atoms with Crippen LogP contribution in [0.1, 0.15) is 35.3 Å². The summed E-state index contributed by atoms with van der Waals surface area (Å²) in [6.45, 7) is 5.33. The lowest BCUT2D eigenvalue weighted by atomic mass is 10.1. The van der Waals surface area contributed by atoms with Gasteiger partial charge in [-0.3, -0.25) is 0 Å². The number of para-hydroxylation sites is 1. The van der Waals surface area contributed by atoms with Gasteiger partial charge in [-0.05, 0) is 18.1 Å². The second kappa shape index (κ2) is 5.98. The quantitative estimate of drug-likeness (QED) is 0.899. The topological polar surface area (TPSA) is 48.1 Å². The summed E-state index contributed by atoms with van der Waals surface area (Å²) in [6.07, 6.45) is 0. The number of hydrogen-bond acceptors (Lipinski definition) is 4. The second-order valence-corrected chi connectivity index (χ2v) is 5.54. The van der Waals surface area contributed by atoms with Crippen molar-refractivity contribution in [2.75, 3.05) is 0 Å². The Morgan fingerprint density at radius 2 is 2.00 bits per heavy atom. The molecule has 0 radical (unpaired) electrons. The van der Waals surface area contributed by atoms with Crippen LogP contribution in [0.4, 0.5) is 0 Å². The molecule has 0 fully saturated rings. The van der Waals surface area contributed by atoms with E-state index in [1.165, 1.54) is 0 Å². The molecule has 4 heteroatoms. The summed E-state index contributed by atoms with van der Waals surface area (Å²) in [5, 5.41) is 0.989. The maximum Gasteiger partial charge on any atom is 0.140 e. The molecular weight excluding hydrogens is 244 g/mol. The molecule has 0 aliphatic carbocycles. The smallest absolute Gasteiger partial charge is 0.140 e. The Balaban J connectivity index is 2.06. The fourth-order valence-electron chi connectivity index (χ4n) is 1.73. The minimum absolute atomic E-state index is 0.408. The highest BCUT2D eigenvalue weighted by Gasteiger charge is 2.13. The van der Waals surface area contributed by atoms with Gasteiger partial charge in [0.2, 0.25) is 0 Å². The van der Waals surface area contributed by atoms with Gasteiger partial charge in [-0.25, -0.2) is 4.98 Å². The molecule has 0 unspecified atom stereocenters. The van der Waals surface area contributed by atoms with Crippen LogP contribution in [0, 0.1) is 0 Å². The summed E-state index contributed by atoms with van der Waals surface area (Å²) in [4.78, 5) is 5.77. The first kappa shape index (κ1) is 13.1. The van der Waals surface area contributed by atoms with Crippen molar-refractivity contribution in [3.05, 3.63) is 45.9 Å². The van der Waals surface area contributed by atoms with Gasteiger partial charge >= 0.3 is 0 Å². The van der Waals surface area contributed by atoms with Crippen LogP contribution in [0.3, 0.4) is 0 Å². The van der Waals surface area contributed by atoms with Crippen LogP contribution in [0.2, 0.25) is 0 Å². The van der Waals surface area contributed by atoms with Gasteiger partial charge in [0.1, 0.15) is 17.4 Å². The van der Waals surface area contributed by atoms with Gasteiger partial charge in [-0.2, -0.15) is 0 Å². The predicted molar refractivity (Wildman–Crippen MR) is 74.9 cm³/mol. The van der Waals surface area contributed by atoms with Crippen LogP contribution in [-0.4, -0.2) is 4.98 Å². The van der Waals surface area contributed by atoms with E-state index in [9.17, 15) is 0 Å². The van der Waals surface area contributed by atoms with E-state index in [0.717, 1.165) is 21.3 Å². The lowest BCUT2D eigenvalue weighted by molar-refractivity contribution is 0.305. The maximum absolute atomic E-state index is 5.74. The van der Waals surface area contributed by atoms with E-state index in [2.05, 4.69) is 18.8 Å².